The van der Waals surface area contributed by atoms with E-state index < -0.39 is 5.97 Å². The lowest BCUT2D eigenvalue weighted by atomic mass is 9.94. The molecule has 0 saturated heterocycles. The van der Waals surface area contributed by atoms with Crippen molar-refractivity contribution in [2.24, 2.45) is 17.8 Å². The van der Waals surface area contributed by atoms with Crippen LogP contribution < -0.4 is 10.6 Å². The van der Waals surface area contributed by atoms with Gasteiger partial charge in [0.2, 0.25) is 0 Å². The van der Waals surface area contributed by atoms with Gasteiger partial charge in [-0.05, 0) is 37.0 Å². The molecule has 1 aliphatic rings. The topological polar surface area (TPSA) is 78.4 Å². The number of hydrogen-bond acceptors (Lipinski definition) is 2. The summed E-state index contributed by atoms with van der Waals surface area (Å²) in [5.74, 6) is 0.252. The maximum absolute atomic E-state index is 11.7. The highest BCUT2D eigenvalue weighted by Crippen LogP contribution is 2.23. The third kappa shape index (κ3) is 7.36. The first-order chi connectivity index (χ1) is 9.47. The van der Waals surface area contributed by atoms with Crippen molar-refractivity contribution in [3.8, 4) is 0 Å². The zero-order chi connectivity index (χ0) is 15.0. The van der Waals surface area contributed by atoms with E-state index in [4.69, 9.17) is 5.11 Å². The van der Waals surface area contributed by atoms with Crippen LogP contribution in [0, 0.1) is 17.8 Å². The first-order valence-electron chi connectivity index (χ1n) is 7.70. The van der Waals surface area contributed by atoms with Crippen molar-refractivity contribution in [3.05, 3.63) is 0 Å². The summed E-state index contributed by atoms with van der Waals surface area (Å²) in [4.78, 5) is 22.5. The van der Waals surface area contributed by atoms with Crippen molar-refractivity contribution in [1.29, 1.82) is 0 Å². The Balaban J connectivity index is 2.22. The van der Waals surface area contributed by atoms with E-state index in [9.17, 15) is 9.59 Å². The lowest BCUT2D eigenvalue weighted by molar-refractivity contribution is -0.138. The highest BCUT2D eigenvalue weighted by Gasteiger charge is 2.18. The lowest BCUT2D eigenvalue weighted by Crippen LogP contribution is -2.40. The van der Waals surface area contributed by atoms with Gasteiger partial charge in [0.25, 0.3) is 0 Å². The van der Waals surface area contributed by atoms with Crippen LogP contribution in [-0.4, -0.2) is 30.2 Å². The quantitative estimate of drug-likeness (QED) is 0.641. The van der Waals surface area contributed by atoms with Crippen molar-refractivity contribution >= 4 is 12.0 Å². The largest absolute Gasteiger partial charge is 0.481 e. The molecular weight excluding hydrogens is 256 g/mol. The number of carboxylic acid groups (broad SMARTS) is 1. The van der Waals surface area contributed by atoms with Crippen LogP contribution in [0.25, 0.3) is 0 Å². The summed E-state index contributed by atoms with van der Waals surface area (Å²) >= 11 is 0. The molecule has 0 aromatic carbocycles. The number of hydrogen-bond donors (Lipinski definition) is 3. The molecule has 1 atom stereocenters. The Morgan fingerprint density at radius 1 is 1.20 bits per heavy atom. The predicted molar refractivity (Wildman–Crippen MR) is 78.6 cm³/mol. The van der Waals surface area contributed by atoms with Gasteiger partial charge in [-0.15, -0.1) is 0 Å². The molecular formula is C15H28N2O3. The molecule has 20 heavy (non-hydrogen) atoms. The minimum Gasteiger partial charge on any atom is -0.481 e. The molecule has 1 rings (SSSR count). The smallest absolute Gasteiger partial charge is 0.314 e. The second-order valence-corrected chi connectivity index (χ2v) is 6.33. The summed E-state index contributed by atoms with van der Waals surface area (Å²) < 4.78 is 0. The molecule has 2 amide bonds. The van der Waals surface area contributed by atoms with Crippen LogP contribution in [0.5, 0.6) is 0 Å². The summed E-state index contributed by atoms with van der Waals surface area (Å²) in [5.41, 5.74) is 0. The molecule has 0 heterocycles. The Bertz CT molecular complexity index is 312. The third-order valence-corrected chi connectivity index (χ3v) is 3.85. The van der Waals surface area contributed by atoms with Crippen LogP contribution >= 0.6 is 0 Å². The normalized spacial score (nSPS) is 17.1. The maximum atomic E-state index is 11.7. The van der Waals surface area contributed by atoms with Crippen LogP contribution in [0.2, 0.25) is 0 Å². The highest BCUT2D eigenvalue weighted by atomic mass is 16.4. The predicted octanol–water partition coefficient (Wildman–Crippen LogP) is 2.61. The summed E-state index contributed by atoms with van der Waals surface area (Å²) in [5, 5.41) is 14.6. The molecule has 1 fully saturated rings. The van der Waals surface area contributed by atoms with Crippen molar-refractivity contribution in [2.45, 2.75) is 52.4 Å². The average Bonchev–Trinajstić information content (AvgIpc) is 2.85. The summed E-state index contributed by atoms with van der Waals surface area (Å²) in [6.07, 6.45) is 5.87. The van der Waals surface area contributed by atoms with Gasteiger partial charge in [-0.2, -0.15) is 0 Å². The van der Waals surface area contributed by atoms with Crippen molar-refractivity contribution in [2.75, 3.05) is 13.1 Å². The maximum Gasteiger partial charge on any atom is 0.314 e. The van der Waals surface area contributed by atoms with Gasteiger partial charge in [0.15, 0.2) is 0 Å². The number of urea groups is 1. The molecule has 0 spiro atoms. The summed E-state index contributed by atoms with van der Waals surface area (Å²) in [6, 6.07) is -0.170. The van der Waals surface area contributed by atoms with Crippen LogP contribution in [0.15, 0.2) is 0 Å². The molecule has 0 aromatic rings. The molecule has 1 aliphatic carbocycles. The highest BCUT2D eigenvalue weighted by molar-refractivity contribution is 5.74. The molecule has 0 radical (unpaired) electrons. The van der Waals surface area contributed by atoms with Gasteiger partial charge in [-0.1, -0.05) is 26.7 Å². The number of amides is 2. The third-order valence-electron chi connectivity index (χ3n) is 3.85. The number of aliphatic carboxylic acids is 1. The van der Waals surface area contributed by atoms with Crippen molar-refractivity contribution < 1.29 is 14.7 Å². The van der Waals surface area contributed by atoms with Crippen LogP contribution in [0.4, 0.5) is 4.79 Å². The molecule has 1 saturated carbocycles. The molecule has 5 heteroatoms. The molecule has 116 valence electrons. The minimum absolute atomic E-state index is 0.00438. The van der Waals surface area contributed by atoms with E-state index in [-0.39, 0.29) is 18.4 Å². The molecule has 0 aliphatic heterocycles. The number of carbonyl (C=O) groups is 2. The second kappa shape index (κ2) is 8.82. The van der Waals surface area contributed by atoms with E-state index in [0.717, 1.165) is 13.0 Å². The van der Waals surface area contributed by atoms with Crippen LogP contribution in [0.1, 0.15) is 52.4 Å². The van der Waals surface area contributed by atoms with Gasteiger partial charge < -0.3 is 15.7 Å². The zero-order valence-corrected chi connectivity index (χ0v) is 12.7. The van der Waals surface area contributed by atoms with E-state index in [1.165, 1.54) is 25.7 Å². The van der Waals surface area contributed by atoms with E-state index in [1.54, 1.807) is 0 Å². The molecule has 0 unspecified atom stereocenters. The standard InChI is InChI=1S/C15H28N2O3/c1-11(2)7-13(8-14(18)19)10-17-15(20)16-9-12-5-3-4-6-12/h11-13H,3-10H2,1-2H3,(H,18,19)(H2,16,17,20)/t13-/m0/s1. The fourth-order valence-corrected chi connectivity index (χ4v) is 2.90. The van der Waals surface area contributed by atoms with Gasteiger partial charge >= 0.3 is 12.0 Å². The number of carboxylic acids is 1. The zero-order valence-electron chi connectivity index (χ0n) is 12.7. The monoisotopic (exact) mass is 284 g/mol. The first-order valence-corrected chi connectivity index (χ1v) is 7.70. The van der Waals surface area contributed by atoms with E-state index in [2.05, 4.69) is 24.5 Å². The summed E-state index contributed by atoms with van der Waals surface area (Å²) in [6.45, 7) is 5.30. The first kappa shape index (κ1) is 16.8. The Hall–Kier alpha value is -1.26. The van der Waals surface area contributed by atoms with E-state index in [0.29, 0.717) is 18.4 Å². The van der Waals surface area contributed by atoms with Crippen LogP contribution in [-0.2, 0) is 4.79 Å². The number of nitrogens with one attached hydrogen (secondary N) is 2. The van der Waals surface area contributed by atoms with Gasteiger partial charge in [-0.25, -0.2) is 4.79 Å². The Kier molecular flexibility index (Phi) is 7.41. The average molecular weight is 284 g/mol. The molecule has 3 N–H and O–H groups in total. The summed E-state index contributed by atoms with van der Waals surface area (Å²) in [7, 11) is 0. The Morgan fingerprint density at radius 2 is 1.85 bits per heavy atom. The molecule has 5 nitrogen and oxygen atoms in total. The lowest BCUT2D eigenvalue weighted by Gasteiger charge is -2.18. The second-order valence-electron chi connectivity index (χ2n) is 6.33. The molecule has 0 bridgehead atoms. The fourth-order valence-electron chi connectivity index (χ4n) is 2.90. The van der Waals surface area contributed by atoms with Gasteiger partial charge in [-0.3, -0.25) is 4.79 Å². The van der Waals surface area contributed by atoms with Gasteiger partial charge in [0, 0.05) is 19.5 Å². The number of carbonyl (C=O) groups excluding carboxylic acids is 1. The van der Waals surface area contributed by atoms with Gasteiger partial charge in [0.1, 0.15) is 0 Å². The Labute approximate surface area is 121 Å². The SMILES string of the molecule is CC(C)C[C@H](CNC(=O)NCC1CCCC1)CC(=O)O. The van der Waals surface area contributed by atoms with E-state index >= 15 is 0 Å². The van der Waals surface area contributed by atoms with E-state index in [1.807, 2.05) is 0 Å². The van der Waals surface area contributed by atoms with Crippen molar-refractivity contribution in [3.63, 3.8) is 0 Å². The Morgan fingerprint density at radius 3 is 2.40 bits per heavy atom. The number of rotatable bonds is 8. The fraction of sp³-hybridized carbons (Fsp3) is 0.867. The van der Waals surface area contributed by atoms with Gasteiger partial charge in [0.05, 0.1) is 0 Å². The van der Waals surface area contributed by atoms with Crippen LogP contribution in [0.3, 0.4) is 0 Å². The molecule has 0 aromatic heterocycles. The minimum atomic E-state index is -0.802. The van der Waals surface area contributed by atoms with Crippen molar-refractivity contribution in [1.82, 2.24) is 10.6 Å².